The molecule has 1 amide bonds. The van der Waals surface area contributed by atoms with Crippen molar-refractivity contribution in [1.29, 1.82) is 0 Å². The Labute approximate surface area is 235 Å². The topological polar surface area (TPSA) is 61.4 Å². The SMILES string of the molecule is C=C/C=C(Cl)\C=C/CC1=C(CC2CCC(C=O)C2)NC(=C/CC(=O)N2CC(c3cccc(F)c3)C2)/C(=C\C)N1. The van der Waals surface area contributed by atoms with Gasteiger partial charge < -0.3 is 20.3 Å². The molecule has 5 nitrogen and oxygen atoms in total. The van der Waals surface area contributed by atoms with Gasteiger partial charge in [0.2, 0.25) is 5.91 Å². The standard InChI is InChI=1S/C32H37ClFN3O2/c1-3-7-26(33)9-6-11-29-31(17-22-12-13-23(16-22)21-38)36-30(28(4-2)35-29)14-15-32(39)37-19-25(20-37)24-8-5-10-27(34)18-24/h3-10,14,18,21-23,25,35-36H,1,11-13,15-17,19-20H2,2H3/b9-6-,26-7+,28-4+,30-14+. The van der Waals surface area contributed by atoms with Gasteiger partial charge in [-0.3, -0.25) is 4.79 Å². The number of amides is 1. The maximum Gasteiger partial charge on any atom is 0.226 e. The number of carbonyl (C=O) groups excluding carboxylic acids is 2. The van der Waals surface area contributed by atoms with E-state index < -0.39 is 0 Å². The summed E-state index contributed by atoms with van der Waals surface area (Å²) in [4.78, 5) is 26.1. The van der Waals surface area contributed by atoms with Crippen molar-refractivity contribution in [3.05, 3.63) is 107 Å². The van der Waals surface area contributed by atoms with E-state index in [1.807, 2.05) is 42.2 Å². The van der Waals surface area contributed by atoms with Gasteiger partial charge in [0, 0.05) is 54.2 Å². The van der Waals surface area contributed by atoms with E-state index in [4.69, 9.17) is 11.6 Å². The number of nitrogens with one attached hydrogen (secondary N) is 2. The number of rotatable bonds is 10. The van der Waals surface area contributed by atoms with Gasteiger partial charge >= 0.3 is 0 Å². The van der Waals surface area contributed by atoms with Crippen LogP contribution in [0.15, 0.2) is 95.1 Å². The molecule has 7 heteroatoms. The first-order valence-corrected chi connectivity index (χ1v) is 14.0. The molecule has 206 valence electrons. The molecule has 2 aliphatic heterocycles. The van der Waals surface area contributed by atoms with Crippen LogP contribution in [0.2, 0.25) is 0 Å². The molecule has 0 bridgehead atoms. The number of likely N-dealkylation sites (tertiary alicyclic amines) is 1. The minimum atomic E-state index is -0.244. The Hall–Kier alpha value is -3.38. The van der Waals surface area contributed by atoms with E-state index in [0.29, 0.717) is 30.5 Å². The lowest BCUT2D eigenvalue weighted by atomic mass is 9.91. The first-order chi connectivity index (χ1) is 18.9. The predicted octanol–water partition coefficient (Wildman–Crippen LogP) is 6.59. The molecule has 1 aromatic rings. The molecule has 2 N–H and O–H groups in total. The molecule has 0 aromatic heterocycles. The zero-order chi connectivity index (χ0) is 27.8. The third-order valence-corrected chi connectivity index (χ3v) is 7.94. The lowest BCUT2D eigenvalue weighted by molar-refractivity contribution is -0.134. The molecule has 1 saturated heterocycles. The molecule has 2 fully saturated rings. The molecule has 1 saturated carbocycles. The molecule has 2 unspecified atom stereocenters. The van der Waals surface area contributed by atoms with Crippen LogP contribution in [0.1, 0.15) is 56.9 Å². The van der Waals surface area contributed by atoms with Gasteiger partial charge in [-0.2, -0.15) is 0 Å². The van der Waals surface area contributed by atoms with Crippen molar-refractivity contribution in [3.63, 3.8) is 0 Å². The Morgan fingerprint density at radius 3 is 2.69 bits per heavy atom. The van der Waals surface area contributed by atoms with Gasteiger partial charge in [0.25, 0.3) is 0 Å². The summed E-state index contributed by atoms with van der Waals surface area (Å²) >= 11 is 6.19. The summed E-state index contributed by atoms with van der Waals surface area (Å²) in [6, 6.07) is 6.62. The molecule has 39 heavy (non-hydrogen) atoms. The summed E-state index contributed by atoms with van der Waals surface area (Å²) in [5, 5.41) is 7.79. The smallest absolute Gasteiger partial charge is 0.226 e. The van der Waals surface area contributed by atoms with Crippen molar-refractivity contribution in [2.45, 2.75) is 51.4 Å². The zero-order valence-corrected chi connectivity index (χ0v) is 23.2. The number of hydrogen-bond donors (Lipinski definition) is 2. The van der Waals surface area contributed by atoms with Crippen LogP contribution in [-0.4, -0.2) is 30.2 Å². The molecule has 1 aromatic carbocycles. The highest BCUT2D eigenvalue weighted by molar-refractivity contribution is 6.31. The molecule has 0 radical (unpaired) electrons. The lowest BCUT2D eigenvalue weighted by Crippen LogP contribution is -2.48. The Balaban J connectivity index is 1.44. The summed E-state index contributed by atoms with van der Waals surface area (Å²) in [5.41, 5.74) is 4.88. The highest BCUT2D eigenvalue weighted by Gasteiger charge is 2.32. The molecular weight excluding hydrogens is 513 g/mol. The number of nitrogens with zero attached hydrogens (tertiary/aromatic N) is 1. The Morgan fingerprint density at radius 2 is 2.00 bits per heavy atom. The molecule has 2 heterocycles. The highest BCUT2D eigenvalue weighted by atomic mass is 35.5. The van der Waals surface area contributed by atoms with Crippen molar-refractivity contribution in [1.82, 2.24) is 15.5 Å². The van der Waals surface area contributed by atoms with Crippen molar-refractivity contribution in [3.8, 4) is 0 Å². The van der Waals surface area contributed by atoms with Gasteiger partial charge in [0.05, 0.1) is 11.4 Å². The van der Waals surface area contributed by atoms with E-state index in [2.05, 4.69) is 17.2 Å². The van der Waals surface area contributed by atoms with E-state index in [0.717, 1.165) is 60.3 Å². The third kappa shape index (κ3) is 7.60. The van der Waals surface area contributed by atoms with Gasteiger partial charge in [0.15, 0.2) is 0 Å². The second kappa shape index (κ2) is 13.6. The molecule has 3 aliphatic rings. The Morgan fingerprint density at radius 1 is 1.21 bits per heavy atom. The van der Waals surface area contributed by atoms with Crippen LogP contribution < -0.4 is 10.6 Å². The van der Waals surface area contributed by atoms with Gasteiger partial charge in [-0.05, 0) is 74.4 Å². The first-order valence-electron chi connectivity index (χ1n) is 13.7. The molecule has 0 spiro atoms. The largest absolute Gasteiger partial charge is 0.356 e. The van der Waals surface area contributed by atoms with Crippen LogP contribution in [-0.2, 0) is 9.59 Å². The normalized spacial score (nSPS) is 24.2. The first kappa shape index (κ1) is 28.6. The monoisotopic (exact) mass is 549 g/mol. The van der Waals surface area contributed by atoms with E-state index >= 15 is 0 Å². The fourth-order valence-corrected chi connectivity index (χ4v) is 5.67. The van der Waals surface area contributed by atoms with E-state index in [-0.39, 0.29) is 30.0 Å². The van der Waals surface area contributed by atoms with Crippen molar-refractivity contribution in [2.24, 2.45) is 11.8 Å². The minimum Gasteiger partial charge on any atom is -0.356 e. The summed E-state index contributed by atoms with van der Waals surface area (Å²) in [6.45, 7) is 6.86. The molecule has 2 atom stereocenters. The average Bonchev–Trinajstić information content (AvgIpc) is 3.35. The molecular formula is C32H37ClFN3O2. The van der Waals surface area contributed by atoms with E-state index in [1.54, 1.807) is 24.3 Å². The molecule has 1 aliphatic carbocycles. The number of carbonyl (C=O) groups is 2. The maximum absolute atomic E-state index is 13.6. The number of allylic oxidation sites excluding steroid dienone is 7. The fourth-order valence-electron chi connectivity index (χ4n) is 5.49. The second-order valence-corrected chi connectivity index (χ2v) is 10.9. The minimum absolute atomic E-state index is 0.0555. The van der Waals surface area contributed by atoms with Gasteiger partial charge in [-0.1, -0.05) is 48.5 Å². The predicted molar refractivity (Wildman–Crippen MR) is 155 cm³/mol. The van der Waals surface area contributed by atoms with Crippen LogP contribution >= 0.6 is 11.6 Å². The van der Waals surface area contributed by atoms with Crippen molar-refractivity contribution in [2.75, 3.05) is 13.1 Å². The van der Waals surface area contributed by atoms with Crippen LogP contribution in [0.3, 0.4) is 0 Å². The summed E-state index contributed by atoms with van der Waals surface area (Å²) in [5.74, 6) is 0.568. The Kier molecular flexibility index (Phi) is 9.99. The third-order valence-electron chi connectivity index (χ3n) is 7.69. The highest BCUT2D eigenvalue weighted by Crippen LogP contribution is 2.35. The van der Waals surface area contributed by atoms with Crippen molar-refractivity contribution >= 4 is 23.8 Å². The van der Waals surface area contributed by atoms with Gasteiger partial charge in [-0.25, -0.2) is 4.39 Å². The summed E-state index contributed by atoms with van der Waals surface area (Å²) in [6.07, 6.45) is 16.9. The average molecular weight is 550 g/mol. The van der Waals surface area contributed by atoms with Gasteiger partial charge in [-0.15, -0.1) is 0 Å². The van der Waals surface area contributed by atoms with Crippen LogP contribution in [0.4, 0.5) is 4.39 Å². The maximum atomic E-state index is 13.6. The summed E-state index contributed by atoms with van der Waals surface area (Å²) < 4.78 is 13.6. The quantitative estimate of drug-likeness (QED) is 0.255. The number of benzene rings is 1. The fraction of sp³-hybridized carbons (Fsp3) is 0.375. The van der Waals surface area contributed by atoms with Crippen LogP contribution in [0, 0.1) is 17.7 Å². The van der Waals surface area contributed by atoms with E-state index in [9.17, 15) is 14.0 Å². The van der Waals surface area contributed by atoms with Crippen LogP contribution in [0.5, 0.6) is 0 Å². The lowest BCUT2D eigenvalue weighted by Gasteiger charge is -2.39. The van der Waals surface area contributed by atoms with E-state index in [1.165, 1.54) is 6.07 Å². The van der Waals surface area contributed by atoms with Gasteiger partial charge in [0.1, 0.15) is 12.1 Å². The van der Waals surface area contributed by atoms with Crippen molar-refractivity contribution < 1.29 is 14.0 Å². The number of halogens is 2. The Bertz CT molecular complexity index is 1240. The summed E-state index contributed by atoms with van der Waals surface area (Å²) in [7, 11) is 0. The number of aldehydes is 1. The second-order valence-electron chi connectivity index (χ2n) is 10.5. The molecule has 4 rings (SSSR count). The number of hydrogen-bond acceptors (Lipinski definition) is 4. The van der Waals surface area contributed by atoms with Crippen LogP contribution in [0.25, 0.3) is 0 Å². The zero-order valence-electron chi connectivity index (χ0n) is 22.5.